The van der Waals surface area contributed by atoms with Gasteiger partial charge in [0.2, 0.25) is 0 Å². The Hall–Kier alpha value is -6.22. The van der Waals surface area contributed by atoms with E-state index in [0.29, 0.717) is 11.1 Å². The summed E-state index contributed by atoms with van der Waals surface area (Å²) in [6, 6.07) is 37.6. The van der Waals surface area contributed by atoms with Gasteiger partial charge in [-0.2, -0.15) is 0 Å². The Balaban J connectivity index is 0.000000216. The summed E-state index contributed by atoms with van der Waals surface area (Å²) in [5.41, 5.74) is 26.3. The highest BCUT2D eigenvalue weighted by molar-refractivity contribution is 6.69. The van der Waals surface area contributed by atoms with Crippen LogP contribution >= 0.6 is 23.2 Å². The van der Waals surface area contributed by atoms with Gasteiger partial charge in [0.1, 0.15) is 0 Å². The Kier molecular flexibility index (Phi) is 16.0. The number of carbonyl (C=O) groups excluding carboxylic acids is 4. The van der Waals surface area contributed by atoms with Gasteiger partial charge in [-0.1, -0.05) is 78.9 Å². The maximum absolute atomic E-state index is 12.6. The summed E-state index contributed by atoms with van der Waals surface area (Å²) in [5, 5.41) is 4.93. The van der Waals surface area contributed by atoms with Crippen LogP contribution in [0.5, 0.6) is 0 Å². The quantitative estimate of drug-likeness (QED) is 0.0612. The number of ketones is 1. The molecule has 1 amide bonds. The molecule has 298 valence electrons. The number of Topliss-reactive ketones (excluding diaryl/α,β-unsaturated/α-hetero) is 1. The zero-order valence-electron chi connectivity index (χ0n) is 33.5. The minimum Gasteiger partial charge on any atom is -0.399 e. The fourth-order valence-electron chi connectivity index (χ4n) is 6.10. The number of aryl methyl sites for hydroxylation is 4. The largest absolute Gasteiger partial charge is 0.399 e. The van der Waals surface area contributed by atoms with Crippen LogP contribution in [0.4, 0.5) is 22.7 Å². The van der Waals surface area contributed by atoms with Crippen LogP contribution in [0.1, 0.15) is 92.9 Å². The van der Waals surface area contributed by atoms with Crippen LogP contribution in [0, 0.1) is 27.7 Å². The van der Waals surface area contributed by atoms with Gasteiger partial charge < -0.3 is 22.1 Å². The first kappa shape index (κ1) is 44.5. The van der Waals surface area contributed by atoms with Crippen LogP contribution < -0.4 is 22.1 Å². The highest BCUT2D eigenvalue weighted by Gasteiger charge is 2.11. The molecule has 0 aliphatic rings. The van der Waals surface area contributed by atoms with Crippen LogP contribution in [-0.4, -0.2) is 29.2 Å². The Labute approximate surface area is 350 Å². The van der Waals surface area contributed by atoms with E-state index in [9.17, 15) is 19.2 Å². The number of halogens is 2. The lowest BCUT2D eigenvalue weighted by Crippen LogP contribution is -2.13. The summed E-state index contributed by atoms with van der Waals surface area (Å²) in [6.07, 6.45) is 1.75. The van der Waals surface area contributed by atoms with Crippen LogP contribution in [0.25, 0.3) is 0 Å². The predicted molar refractivity (Wildman–Crippen MR) is 240 cm³/mol. The lowest BCUT2D eigenvalue weighted by molar-refractivity contribution is 0.101. The molecule has 0 unspecified atom stereocenters. The molecule has 0 aliphatic carbocycles. The van der Waals surface area contributed by atoms with Crippen molar-refractivity contribution in [3.8, 4) is 0 Å². The number of hydrogen-bond donors (Lipinski definition) is 4. The molecule has 0 aromatic heterocycles. The van der Waals surface area contributed by atoms with Gasteiger partial charge in [0, 0.05) is 52.1 Å². The molecule has 6 aromatic carbocycles. The van der Waals surface area contributed by atoms with Gasteiger partial charge >= 0.3 is 0 Å². The van der Waals surface area contributed by atoms with Crippen molar-refractivity contribution in [1.29, 1.82) is 0 Å². The number of nitrogens with two attached hydrogens (primary N) is 2. The van der Waals surface area contributed by atoms with E-state index in [2.05, 4.69) is 66.1 Å². The summed E-state index contributed by atoms with van der Waals surface area (Å²) < 4.78 is 0. The highest BCUT2D eigenvalue weighted by atomic mass is 35.5. The van der Waals surface area contributed by atoms with Crippen molar-refractivity contribution < 1.29 is 19.2 Å². The van der Waals surface area contributed by atoms with Gasteiger partial charge in [0.15, 0.2) is 5.78 Å². The molecule has 10 heteroatoms. The molecule has 0 saturated carbocycles. The van der Waals surface area contributed by atoms with Gasteiger partial charge in [0.25, 0.3) is 16.4 Å². The second-order valence-corrected chi connectivity index (χ2v) is 14.7. The number of rotatable bonds is 10. The molecule has 0 radical (unpaired) electrons. The average molecular weight is 816 g/mol. The highest BCUT2D eigenvalue weighted by Crippen LogP contribution is 2.23. The molecule has 58 heavy (non-hydrogen) atoms. The van der Waals surface area contributed by atoms with Crippen molar-refractivity contribution in [2.24, 2.45) is 0 Å². The molecular formula is C48H48Cl2N4O4. The van der Waals surface area contributed by atoms with Crippen LogP contribution in [0.3, 0.4) is 0 Å². The molecule has 6 rings (SSSR count). The van der Waals surface area contributed by atoms with Crippen molar-refractivity contribution in [2.45, 2.75) is 47.5 Å². The minimum absolute atomic E-state index is 0.0572. The lowest BCUT2D eigenvalue weighted by Gasteiger charge is -2.12. The molecule has 0 heterocycles. The van der Waals surface area contributed by atoms with Gasteiger partial charge in [0.05, 0.1) is 0 Å². The molecule has 0 spiro atoms. The summed E-state index contributed by atoms with van der Waals surface area (Å²) in [6.45, 7) is 9.65. The number of anilines is 4. The third-order valence-electron chi connectivity index (χ3n) is 9.43. The number of nitrogens with one attached hydrogen (secondary N) is 2. The fraction of sp³-hybridized carbons (Fsp3) is 0.167. The van der Waals surface area contributed by atoms with E-state index in [1.807, 2.05) is 52.1 Å². The first-order valence-corrected chi connectivity index (χ1v) is 19.3. The van der Waals surface area contributed by atoms with E-state index in [4.69, 9.17) is 34.7 Å². The van der Waals surface area contributed by atoms with Crippen LogP contribution in [0.15, 0.2) is 121 Å². The Morgan fingerprint density at radius 2 is 0.879 bits per heavy atom. The molecule has 0 aliphatic heterocycles. The fourth-order valence-corrected chi connectivity index (χ4v) is 6.33. The molecule has 0 fully saturated rings. The van der Waals surface area contributed by atoms with Gasteiger partial charge in [-0.05, 0) is 158 Å². The number of amides is 1. The maximum atomic E-state index is 12.6. The number of nitrogen functional groups attached to an aromatic ring is 2. The zero-order valence-corrected chi connectivity index (χ0v) is 35.0. The lowest BCUT2D eigenvalue weighted by atomic mass is 10.00. The first-order chi connectivity index (χ1) is 27.5. The molecule has 0 atom stereocenters. The van der Waals surface area contributed by atoms with Gasteiger partial charge in [-0.25, -0.2) is 0 Å². The van der Waals surface area contributed by atoms with Crippen molar-refractivity contribution >= 4 is 68.1 Å². The van der Waals surface area contributed by atoms with E-state index in [0.717, 1.165) is 52.3 Å². The monoisotopic (exact) mass is 814 g/mol. The third-order valence-corrected chi connectivity index (χ3v) is 9.87. The van der Waals surface area contributed by atoms with Crippen LogP contribution in [0.2, 0.25) is 0 Å². The maximum Gasteiger partial charge on any atom is 0.255 e. The molecular weight excluding hydrogens is 767 g/mol. The summed E-state index contributed by atoms with van der Waals surface area (Å²) in [7, 11) is 1.93. The average Bonchev–Trinajstić information content (AvgIpc) is 3.19. The Bertz CT molecular complexity index is 2380. The third kappa shape index (κ3) is 12.9. The van der Waals surface area contributed by atoms with E-state index in [-0.39, 0.29) is 22.8 Å². The van der Waals surface area contributed by atoms with Gasteiger partial charge in [-0.15, -0.1) is 0 Å². The Morgan fingerprint density at radius 1 is 0.500 bits per heavy atom. The first-order valence-electron chi connectivity index (χ1n) is 18.5. The normalized spacial score (nSPS) is 10.3. The Morgan fingerprint density at radius 3 is 1.28 bits per heavy atom. The SMILES string of the molecule is CNc1ccc(Cc2ccc(NC(=O)c3cccc(C(C)=O)c3)c(C)c2)cc1C.Cc1cc(Cc2ccc(N)c(C)c2)ccc1N.O=C(Cl)c1cccc(C(=O)Cl)c1. The summed E-state index contributed by atoms with van der Waals surface area (Å²) >= 11 is 10.4. The molecule has 0 saturated heterocycles. The van der Waals surface area contributed by atoms with E-state index < -0.39 is 10.5 Å². The second kappa shape index (κ2) is 20.8. The number of carbonyl (C=O) groups is 4. The summed E-state index contributed by atoms with van der Waals surface area (Å²) in [5.74, 6) is -0.277. The van der Waals surface area contributed by atoms with Crippen molar-refractivity contribution in [1.82, 2.24) is 0 Å². The van der Waals surface area contributed by atoms with Gasteiger partial charge in [-0.3, -0.25) is 19.2 Å². The zero-order chi connectivity index (χ0) is 42.5. The van der Waals surface area contributed by atoms with Crippen molar-refractivity contribution in [2.75, 3.05) is 29.1 Å². The van der Waals surface area contributed by atoms with E-state index in [1.165, 1.54) is 52.9 Å². The topological polar surface area (TPSA) is 144 Å². The van der Waals surface area contributed by atoms with E-state index in [1.54, 1.807) is 30.3 Å². The van der Waals surface area contributed by atoms with Crippen LogP contribution in [-0.2, 0) is 12.8 Å². The smallest absolute Gasteiger partial charge is 0.255 e. The number of hydrogen-bond acceptors (Lipinski definition) is 7. The van der Waals surface area contributed by atoms with Crippen molar-refractivity contribution in [3.05, 3.63) is 188 Å². The molecule has 0 bridgehead atoms. The minimum atomic E-state index is -0.602. The summed E-state index contributed by atoms with van der Waals surface area (Å²) in [4.78, 5) is 45.4. The number of benzene rings is 6. The second-order valence-electron chi connectivity index (χ2n) is 14.0. The predicted octanol–water partition coefficient (Wildman–Crippen LogP) is 10.9. The molecule has 6 N–H and O–H groups in total. The standard InChI is InChI=1S/C25H26N2O2.C15H18N2.C8H4Cl2O2/c1-16-12-19(8-10-23(16)26-4)14-20-9-11-24(17(2)13-20)27-25(29)22-7-5-6-21(15-22)18(3)28;1-10-7-12(3-5-14(10)16)9-13-4-6-15(17)11(2)8-13;9-7(11)5-2-1-3-6(4-5)8(10)12/h5-13,15,26H,14H2,1-4H3,(H,27,29);3-8H,9,16-17H2,1-2H3;1-4H. The van der Waals surface area contributed by atoms with Crippen molar-refractivity contribution in [3.63, 3.8) is 0 Å². The molecule has 8 nitrogen and oxygen atoms in total. The molecule has 6 aromatic rings. The van der Waals surface area contributed by atoms with E-state index >= 15 is 0 Å².